The summed E-state index contributed by atoms with van der Waals surface area (Å²) in [5, 5.41) is 0.397. The third-order valence-corrected chi connectivity index (χ3v) is 6.81. The van der Waals surface area contributed by atoms with Crippen LogP contribution in [-0.2, 0) is 0 Å². The quantitative estimate of drug-likeness (QED) is 0.225. The van der Waals surface area contributed by atoms with Crippen LogP contribution in [0.2, 0.25) is 0 Å². The van der Waals surface area contributed by atoms with Crippen LogP contribution in [0.15, 0.2) is 68.4 Å². The summed E-state index contributed by atoms with van der Waals surface area (Å²) < 4.78 is 18.7. The van der Waals surface area contributed by atoms with E-state index < -0.39 is 11.9 Å². The Morgan fingerprint density at radius 3 is 2.59 bits per heavy atom. The molecule has 8 heteroatoms. The Kier molecular flexibility index (Phi) is 7.02. The largest absolute Gasteiger partial charge is 0.490 e. The maximum atomic E-state index is 13.8. The lowest BCUT2D eigenvalue weighted by molar-refractivity contribution is 0.0970. The fourth-order valence-corrected chi connectivity index (χ4v) is 4.87. The normalized spacial score (nSPS) is 14.8. The van der Waals surface area contributed by atoms with E-state index in [1.165, 1.54) is 4.90 Å². The lowest BCUT2D eigenvalue weighted by Crippen LogP contribution is -2.30. The molecule has 1 aliphatic heterocycles. The van der Waals surface area contributed by atoms with Crippen molar-refractivity contribution in [1.29, 1.82) is 0 Å². The van der Waals surface area contributed by atoms with Gasteiger partial charge in [0.2, 0.25) is 5.76 Å². The molecule has 190 valence electrons. The number of hydrogen-bond acceptors (Lipinski definition) is 6. The van der Waals surface area contributed by atoms with Crippen LogP contribution in [0.5, 0.6) is 11.5 Å². The van der Waals surface area contributed by atoms with Gasteiger partial charge in [0.15, 0.2) is 16.9 Å². The van der Waals surface area contributed by atoms with E-state index in [2.05, 4.69) is 27.8 Å². The summed E-state index contributed by atoms with van der Waals surface area (Å²) in [6.07, 6.45) is 3.64. The Morgan fingerprint density at radius 1 is 1.03 bits per heavy atom. The van der Waals surface area contributed by atoms with Gasteiger partial charge in [0.1, 0.15) is 11.4 Å². The Labute approximate surface area is 223 Å². The first-order chi connectivity index (χ1) is 17.9. The first-order valence-electron chi connectivity index (χ1n) is 12.3. The van der Waals surface area contributed by atoms with Gasteiger partial charge in [-0.15, -0.1) is 0 Å². The topological polar surface area (TPSA) is 81.9 Å². The van der Waals surface area contributed by atoms with Crippen LogP contribution < -0.4 is 19.8 Å². The molecule has 0 fully saturated rings. The third-order valence-electron chi connectivity index (χ3n) is 6.31. The highest BCUT2D eigenvalue weighted by Gasteiger charge is 2.44. The second kappa shape index (κ2) is 10.4. The minimum atomic E-state index is -0.749. The first-order valence-corrected chi connectivity index (χ1v) is 13.1. The summed E-state index contributed by atoms with van der Waals surface area (Å²) in [6.45, 7) is 6.95. The number of ether oxygens (including phenoxy) is 2. The van der Waals surface area contributed by atoms with Crippen LogP contribution in [0.1, 0.15) is 60.0 Å². The number of amides is 1. The molecule has 5 rings (SSSR count). The second-order valence-corrected chi connectivity index (χ2v) is 9.84. The number of carbonyl (C=O) groups is 1. The van der Waals surface area contributed by atoms with Crippen molar-refractivity contribution in [3.05, 3.63) is 91.9 Å². The molecule has 0 saturated heterocycles. The molecular formula is C29H27BrN2O5. The predicted octanol–water partition coefficient (Wildman–Crippen LogP) is 6.59. The van der Waals surface area contributed by atoms with Gasteiger partial charge in [0.25, 0.3) is 5.91 Å². The molecule has 1 unspecified atom stereocenters. The maximum Gasteiger partial charge on any atom is 0.296 e. The highest BCUT2D eigenvalue weighted by molar-refractivity contribution is 9.10. The van der Waals surface area contributed by atoms with Gasteiger partial charge >= 0.3 is 0 Å². The SMILES string of the molecule is CCCCOc1ccc(C2c3c(oc4ccc(Br)cc4c3=O)C(=O)N2c2ccc(C)cn2)cc1OCC. The molecule has 7 nitrogen and oxygen atoms in total. The minimum Gasteiger partial charge on any atom is -0.490 e. The summed E-state index contributed by atoms with van der Waals surface area (Å²) in [5.41, 5.74) is 2.03. The molecule has 3 heterocycles. The number of unbranched alkanes of at least 4 members (excludes halogenated alkanes) is 1. The lowest BCUT2D eigenvalue weighted by Gasteiger charge is -2.25. The maximum absolute atomic E-state index is 13.8. The Bertz CT molecular complexity index is 1530. The molecule has 1 amide bonds. The molecular weight excluding hydrogens is 536 g/mol. The van der Waals surface area contributed by atoms with Crippen molar-refractivity contribution in [2.75, 3.05) is 18.1 Å². The van der Waals surface area contributed by atoms with Crippen LogP contribution >= 0.6 is 15.9 Å². The molecule has 1 aliphatic rings. The van der Waals surface area contributed by atoms with Crippen LogP contribution in [0, 0.1) is 6.92 Å². The van der Waals surface area contributed by atoms with Gasteiger partial charge in [0.05, 0.1) is 30.2 Å². The molecule has 0 spiro atoms. The number of hydrogen-bond donors (Lipinski definition) is 0. The molecule has 0 saturated carbocycles. The van der Waals surface area contributed by atoms with E-state index >= 15 is 0 Å². The van der Waals surface area contributed by atoms with Gasteiger partial charge in [-0.2, -0.15) is 0 Å². The smallest absolute Gasteiger partial charge is 0.296 e. The van der Waals surface area contributed by atoms with Crippen molar-refractivity contribution < 1.29 is 18.7 Å². The van der Waals surface area contributed by atoms with Gasteiger partial charge in [-0.25, -0.2) is 4.98 Å². The number of rotatable bonds is 8. The van der Waals surface area contributed by atoms with E-state index in [-0.39, 0.29) is 16.8 Å². The van der Waals surface area contributed by atoms with E-state index in [0.717, 1.165) is 22.9 Å². The van der Waals surface area contributed by atoms with Gasteiger partial charge in [-0.3, -0.25) is 14.5 Å². The fraction of sp³-hybridized carbons (Fsp3) is 0.276. The fourth-order valence-electron chi connectivity index (χ4n) is 4.51. The Morgan fingerprint density at radius 2 is 1.86 bits per heavy atom. The van der Waals surface area contributed by atoms with Gasteiger partial charge < -0.3 is 13.9 Å². The summed E-state index contributed by atoms with van der Waals surface area (Å²) in [6, 6.07) is 13.6. The summed E-state index contributed by atoms with van der Waals surface area (Å²) >= 11 is 3.44. The van der Waals surface area contributed by atoms with E-state index in [4.69, 9.17) is 13.9 Å². The number of carbonyl (C=O) groups excluding carboxylic acids is 1. The zero-order valence-electron chi connectivity index (χ0n) is 20.9. The van der Waals surface area contributed by atoms with Crippen LogP contribution in [0.4, 0.5) is 5.82 Å². The van der Waals surface area contributed by atoms with Crippen molar-refractivity contribution in [3.63, 3.8) is 0 Å². The van der Waals surface area contributed by atoms with E-state index in [0.29, 0.717) is 47.1 Å². The molecule has 0 bridgehead atoms. The molecule has 37 heavy (non-hydrogen) atoms. The van der Waals surface area contributed by atoms with Crippen LogP contribution in [-0.4, -0.2) is 24.1 Å². The predicted molar refractivity (Wildman–Crippen MR) is 146 cm³/mol. The molecule has 0 N–H and O–H groups in total. The average Bonchev–Trinajstić information content (AvgIpc) is 3.18. The molecule has 0 radical (unpaired) electrons. The first kappa shape index (κ1) is 25.0. The lowest BCUT2D eigenvalue weighted by atomic mass is 9.98. The monoisotopic (exact) mass is 562 g/mol. The highest BCUT2D eigenvalue weighted by atomic mass is 79.9. The third kappa shape index (κ3) is 4.62. The second-order valence-electron chi connectivity index (χ2n) is 8.93. The standard InChI is InChI=1S/C29H27BrN2O5/c1-4-6-13-36-22-10-8-18(14-23(22)35-5-2)26-25-27(33)20-15-19(30)9-11-21(20)37-28(25)29(34)32(26)24-12-7-17(3)16-31-24/h7-12,14-16,26H,4-6,13H2,1-3H3. The number of anilines is 1. The minimum absolute atomic E-state index is 0.0217. The summed E-state index contributed by atoms with van der Waals surface area (Å²) in [7, 11) is 0. The van der Waals surface area contributed by atoms with Crippen molar-refractivity contribution in [2.24, 2.45) is 0 Å². The number of benzene rings is 2. The molecule has 0 aliphatic carbocycles. The van der Waals surface area contributed by atoms with Crippen molar-refractivity contribution in [1.82, 2.24) is 4.98 Å². The number of aryl methyl sites for hydroxylation is 1. The van der Waals surface area contributed by atoms with Crippen LogP contribution in [0.3, 0.4) is 0 Å². The Hall–Kier alpha value is -3.65. The zero-order valence-corrected chi connectivity index (χ0v) is 22.5. The van der Waals surface area contributed by atoms with Crippen molar-refractivity contribution >= 4 is 38.6 Å². The number of halogens is 1. The molecule has 2 aromatic heterocycles. The van der Waals surface area contributed by atoms with Gasteiger partial charge in [-0.1, -0.05) is 41.4 Å². The average molecular weight is 563 g/mol. The van der Waals surface area contributed by atoms with E-state index in [1.54, 1.807) is 30.5 Å². The number of pyridine rings is 1. The zero-order chi connectivity index (χ0) is 26.1. The van der Waals surface area contributed by atoms with Crippen molar-refractivity contribution in [2.45, 2.75) is 39.7 Å². The van der Waals surface area contributed by atoms with Gasteiger partial charge in [0, 0.05) is 10.7 Å². The molecule has 1 atom stereocenters. The summed E-state index contributed by atoms with van der Waals surface area (Å²) in [5.74, 6) is 1.21. The van der Waals surface area contributed by atoms with E-state index in [9.17, 15) is 9.59 Å². The Balaban J connectivity index is 1.71. The van der Waals surface area contributed by atoms with Gasteiger partial charge in [-0.05, 0) is 67.8 Å². The van der Waals surface area contributed by atoms with Crippen LogP contribution in [0.25, 0.3) is 11.0 Å². The molecule has 4 aromatic rings. The number of aromatic nitrogens is 1. The van der Waals surface area contributed by atoms with Crippen molar-refractivity contribution in [3.8, 4) is 11.5 Å². The summed E-state index contributed by atoms with van der Waals surface area (Å²) in [4.78, 5) is 33.6. The van der Waals surface area contributed by atoms with E-state index in [1.807, 2.05) is 38.1 Å². The highest BCUT2D eigenvalue weighted by Crippen LogP contribution is 2.43. The molecule has 2 aromatic carbocycles. The number of nitrogens with zero attached hydrogens (tertiary/aromatic N) is 2. The number of fused-ring (bicyclic) bond motifs is 2.